The molecule has 1 aromatic rings. The van der Waals surface area contributed by atoms with Gasteiger partial charge in [-0.25, -0.2) is 4.39 Å². The average molecular weight is 291 g/mol. The summed E-state index contributed by atoms with van der Waals surface area (Å²) < 4.78 is 12.8. The zero-order valence-electron chi connectivity index (χ0n) is 11.7. The molecule has 1 saturated heterocycles. The largest absolute Gasteiger partial charge is 0.481 e. The monoisotopic (exact) mass is 291 g/mol. The molecule has 3 rings (SSSR count). The lowest BCUT2D eigenvalue weighted by Crippen LogP contribution is -2.40. The minimum atomic E-state index is -0.707. The van der Waals surface area contributed by atoms with E-state index in [-0.39, 0.29) is 29.5 Å². The third-order valence-corrected chi connectivity index (χ3v) is 4.87. The van der Waals surface area contributed by atoms with Crippen molar-refractivity contribution >= 4 is 11.9 Å². The van der Waals surface area contributed by atoms with Crippen molar-refractivity contribution in [3.8, 4) is 0 Å². The van der Waals surface area contributed by atoms with Crippen molar-refractivity contribution in [1.29, 1.82) is 0 Å². The number of amides is 1. The highest BCUT2D eigenvalue weighted by atomic mass is 19.1. The molecule has 1 amide bonds. The second-order valence-corrected chi connectivity index (χ2v) is 6.14. The third kappa shape index (κ3) is 2.77. The van der Waals surface area contributed by atoms with Gasteiger partial charge in [-0.2, -0.15) is 0 Å². The minimum Gasteiger partial charge on any atom is -0.481 e. The summed E-state index contributed by atoms with van der Waals surface area (Å²) >= 11 is 0. The highest BCUT2D eigenvalue weighted by Crippen LogP contribution is 2.59. The summed E-state index contributed by atoms with van der Waals surface area (Å²) in [4.78, 5) is 25.0. The van der Waals surface area contributed by atoms with Gasteiger partial charge < -0.3 is 10.0 Å². The lowest BCUT2D eigenvalue weighted by Gasteiger charge is -2.32. The van der Waals surface area contributed by atoms with Crippen molar-refractivity contribution in [2.45, 2.75) is 25.7 Å². The normalized spacial score (nSPS) is 23.1. The first-order chi connectivity index (χ1) is 10.00. The number of aliphatic carboxylic acids is 1. The molecule has 1 spiro atoms. The summed E-state index contributed by atoms with van der Waals surface area (Å²) in [7, 11) is 0. The standard InChI is InChI=1S/C16H18FNO3/c17-12-3-1-11(2-4-12)9-14(19)18-7-5-16(6-8-18)10-13(16)15(20)21/h1-4,13H,5-10H2,(H,20,21). The van der Waals surface area contributed by atoms with Crippen LogP contribution in [0.15, 0.2) is 24.3 Å². The maximum atomic E-state index is 12.8. The molecule has 1 heterocycles. The van der Waals surface area contributed by atoms with E-state index in [1.165, 1.54) is 12.1 Å². The van der Waals surface area contributed by atoms with Gasteiger partial charge in [0.05, 0.1) is 12.3 Å². The van der Waals surface area contributed by atoms with Gasteiger partial charge in [-0.15, -0.1) is 0 Å². The second-order valence-electron chi connectivity index (χ2n) is 6.14. The predicted octanol–water partition coefficient (Wildman–Crippen LogP) is 2.08. The van der Waals surface area contributed by atoms with Crippen LogP contribution < -0.4 is 0 Å². The summed E-state index contributed by atoms with van der Waals surface area (Å²) in [5, 5.41) is 9.05. The molecule has 0 radical (unpaired) electrons. The molecule has 112 valence electrons. The zero-order valence-corrected chi connectivity index (χ0v) is 11.7. The molecular formula is C16H18FNO3. The SMILES string of the molecule is O=C(O)C1CC12CCN(C(=O)Cc1ccc(F)cc1)CC2. The number of carbonyl (C=O) groups is 2. The van der Waals surface area contributed by atoms with Gasteiger partial charge in [-0.1, -0.05) is 12.1 Å². The van der Waals surface area contributed by atoms with Gasteiger partial charge in [-0.05, 0) is 42.4 Å². The Bertz CT molecular complexity index is 561. The fraction of sp³-hybridized carbons (Fsp3) is 0.500. The smallest absolute Gasteiger partial charge is 0.307 e. The second kappa shape index (κ2) is 5.13. The van der Waals surface area contributed by atoms with Crippen LogP contribution in [0.1, 0.15) is 24.8 Å². The van der Waals surface area contributed by atoms with Crippen molar-refractivity contribution in [2.75, 3.05) is 13.1 Å². The number of carbonyl (C=O) groups excluding carboxylic acids is 1. The number of halogens is 1. The topological polar surface area (TPSA) is 57.6 Å². The zero-order chi connectivity index (χ0) is 15.0. The summed E-state index contributed by atoms with van der Waals surface area (Å²) in [6.45, 7) is 1.26. The fourth-order valence-corrected chi connectivity index (χ4v) is 3.34. The van der Waals surface area contributed by atoms with Gasteiger partial charge in [-0.3, -0.25) is 9.59 Å². The van der Waals surface area contributed by atoms with Crippen LogP contribution in [0.5, 0.6) is 0 Å². The van der Waals surface area contributed by atoms with Crippen LogP contribution in [-0.2, 0) is 16.0 Å². The summed E-state index contributed by atoms with van der Waals surface area (Å²) in [5.74, 6) is -1.20. The van der Waals surface area contributed by atoms with Gasteiger partial charge in [0.25, 0.3) is 0 Å². The van der Waals surface area contributed by atoms with Crippen LogP contribution in [0.4, 0.5) is 4.39 Å². The van der Waals surface area contributed by atoms with E-state index in [0.29, 0.717) is 13.1 Å². The van der Waals surface area contributed by atoms with Crippen LogP contribution in [0.25, 0.3) is 0 Å². The first-order valence-corrected chi connectivity index (χ1v) is 7.25. The van der Waals surface area contributed by atoms with Crippen LogP contribution >= 0.6 is 0 Å². The average Bonchev–Trinajstić information content (AvgIpc) is 3.16. The Labute approximate surface area is 122 Å². The van der Waals surface area contributed by atoms with E-state index in [0.717, 1.165) is 24.8 Å². The highest BCUT2D eigenvalue weighted by Gasteiger charge is 2.59. The maximum Gasteiger partial charge on any atom is 0.307 e. The van der Waals surface area contributed by atoms with Gasteiger partial charge in [0, 0.05) is 13.1 Å². The summed E-state index contributed by atoms with van der Waals surface area (Å²) in [5.41, 5.74) is 0.745. The molecule has 2 aliphatic rings. The Morgan fingerprint density at radius 3 is 2.38 bits per heavy atom. The van der Waals surface area contributed by atoms with Crippen LogP contribution in [-0.4, -0.2) is 35.0 Å². The van der Waals surface area contributed by atoms with Gasteiger partial charge in [0.15, 0.2) is 0 Å². The van der Waals surface area contributed by atoms with Gasteiger partial charge >= 0.3 is 5.97 Å². The molecule has 5 heteroatoms. The maximum absolute atomic E-state index is 12.8. The van der Waals surface area contributed by atoms with E-state index in [2.05, 4.69) is 0 Å². The Hall–Kier alpha value is -1.91. The number of benzene rings is 1. The first kappa shape index (κ1) is 14.0. The quantitative estimate of drug-likeness (QED) is 0.927. The molecule has 1 aliphatic heterocycles. The molecule has 21 heavy (non-hydrogen) atoms. The summed E-state index contributed by atoms with van der Waals surface area (Å²) in [6, 6.07) is 5.96. The van der Waals surface area contributed by atoms with Crippen molar-refractivity contribution in [2.24, 2.45) is 11.3 Å². The van der Waals surface area contributed by atoms with E-state index < -0.39 is 5.97 Å². The molecule has 1 unspecified atom stereocenters. The van der Waals surface area contributed by atoms with Crippen molar-refractivity contribution in [1.82, 2.24) is 4.90 Å². The van der Waals surface area contributed by atoms with Crippen LogP contribution in [0, 0.1) is 17.2 Å². The Morgan fingerprint density at radius 1 is 1.24 bits per heavy atom. The number of carboxylic acids is 1. The molecule has 1 atom stereocenters. The fourth-order valence-electron chi connectivity index (χ4n) is 3.34. The molecule has 1 aromatic carbocycles. The predicted molar refractivity (Wildman–Crippen MR) is 74.1 cm³/mol. The number of rotatable bonds is 3. The van der Waals surface area contributed by atoms with Gasteiger partial charge in [0.2, 0.25) is 5.91 Å². The van der Waals surface area contributed by atoms with E-state index >= 15 is 0 Å². The van der Waals surface area contributed by atoms with E-state index in [1.807, 2.05) is 0 Å². The molecule has 1 N–H and O–H groups in total. The molecule has 1 aliphatic carbocycles. The number of nitrogens with zero attached hydrogens (tertiary/aromatic N) is 1. The highest BCUT2D eigenvalue weighted by molar-refractivity contribution is 5.79. The number of piperidine rings is 1. The van der Waals surface area contributed by atoms with Crippen molar-refractivity contribution in [3.63, 3.8) is 0 Å². The van der Waals surface area contributed by atoms with Crippen LogP contribution in [0.3, 0.4) is 0 Å². The molecule has 4 nitrogen and oxygen atoms in total. The van der Waals surface area contributed by atoms with Gasteiger partial charge in [0.1, 0.15) is 5.82 Å². The number of hydrogen-bond donors (Lipinski definition) is 1. The van der Waals surface area contributed by atoms with Crippen molar-refractivity contribution in [3.05, 3.63) is 35.6 Å². The minimum absolute atomic E-state index is 0.0315. The molecular weight excluding hydrogens is 273 g/mol. The molecule has 0 bridgehead atoms. The first-order valence-electron chi connectivity index (χ1n) is 7.25. The number of carboxylic acid groups (broad SMARTS) is 1. The lowest BCUT2D eigenvalue weighted by atomic mass is 9.90. The Kier molecular flexibility index (Phi) is 3.43. The van der Waals surface area contributed by atoms with Crippen molar-refractivity contribution < 1.29 is 19.1 Å². The summed E-state index contributed by atoms with van der Waals surface area (Å²) in [6.07, 6.45) is 2.58. The lowest BCUT2D eigenvalue weighted by molar-refractivity contribution is -0.139. The Morgan fingerprint density at radius 2 is 1.86 bits per heavy atom. The molecule has 1 saturated carbocycles. The van der Waals surface area contributed by atoms with E-state index in [4.69, 9.17) is 5.11 Å². The molecule has 0 aromatic heterocycles. The van der Waals surface area contributed by atoms with E-state index in [1.54, 1.807) is 17.0 Å². The third-order valence-electron chi connectivity index (χ3n) is 4.87. The Balaban J connectivity index is 1.54. The van der Waals surface area contributed by atoms with Crippen LogP contribution in [0.2, 0.25) is 0 Å². The number of likely N-dealkylation sites (tertiary alicyclic amines) is 1. The van der Waals surface area contributed by atoms with E-state index in [9.17, 15) is 14.0 Å². The molecule has 2 fully saturated rings. The number of hydrogen-bond acceptors (Lipinski definition) is 2.